The number of amides is 1. The summed E-state index contributed by atoms with van der Waals surface area (Å²) in [6.07, 6.45) is 2.06. The van der Waals surface area contributed by atoms with E-state index < -0.39 is 0 Å². The van der Waals surface area contributed by atoms with Crippen molar-refractivity contribution in [1.29, 1.82) is 0 Å². The van der Waals surface area contributed by atoms with Gasteiger partial charge in [0, 0.05) is 31.1 Å². The average Bonchev–Trinajstić information content (AvgIpc) is 3.21. The van der Waals surface area contributed by atoms with Gasteiger partial charge in [0.15, 0.2) is 11.7 Å². The number of carbonyl (C=O) groups excluding carboxylic acids is 1. The molecule has 0 N–H and O–H groups in total. The van der Waals surface area contributed by atoms with Crippen molar-refractivity contribution in [2.45, 2.75) is 11.8 Å². The Hall–Kier alpha value is -1.84. The molecule has 9 heteroatoms. The normalized spacial score (nSPS) is 14.2. The summed E-state index contributed by atoms with van der Waals surface area (Å²) >= 11 is 3.26. The van der Waals surface area contributed by atoms with Gasteiger partial charge in [0.2, 0.25) is 0 Å². The predicted octanol–water partition coefficient (Wildman–Crippen LogP) is 4.49. The Morgan fingerprint density at radius 1 is 1.25 bits per heavy atom. The van der Waals surface area contributed by atoms with Gasteiger partial charge in [-0.3, -0.25) is 14.6 Å². The van der Waals surface area contributed by atoms with Crippen molar-refractivity contribution in [2.24, 2.45) is 0 Å². The van der Waals surface area contributed by atoms with Crippen LogP contribution in [0.15, 0.2) is 47.4 Å². The minimum absolute atomic E-state index is 0. The number of hydrogen-bond donors (Lipinski definition) is 0. The van der Waals surface area contributed by atoms with Crippen LogP contribution in [0.2, 0.25) is 0 Å². The van der Waals surface area contributed by atoms with Gasteiger partial charge >= 0.3 is 0 Å². The van der Waals surface area contributed by atoms with E-state index in [-0.39, 0.29) is 24.9 Å². The summed E-state index contributed by atoms with van der Waals surface area (Å²) in [5.41, 5.74) is 2.02. The van der Waals surface area contributed by atoms with Gasteiger partial charge in [-0.1, -0.05) is 23.5 Å². The van der Waals surface area contributed by atoms with E-state index in [0.717, 1.165) is 53.8 Å². The molecular formula is C23H28ClN3O3S2. The number of fused-ring (bicyclic) bond motifs is 1. The SMILES string of the molecule is CSc1ccc2nc(N(CCN3CCOCC3)C(=O)COc3cccc(C)c3)sc2c1.Cl. The molecule has 0 radical (unpaired) electrons. The van der Waals surface area contributed by atoms with E-state index in [1.165, 1.54) is 4.90 Å². The fourth-order valence-electron chi connectivity index (χ4n) is 3.46. The summed E-state index contributed by atoms with van der Waals surface area (Å²) in [5.74, 6) is 0.620. The molecule has 2 aromatic carbocycles. The van der Waals surface area contributed by atoms with Crippen molar-refractivity contribution in [1.82, 2.24) is 9.88 Å². The maximum Gasteiger partial charge on any atom is 0.266 e. The van der Waals surface area contributed by atoms with E-state index in [4.69, 9.17) is 14.5 Å². The number of halogens is 1. The van der Waals surface area contributed by atoms with Gasteiger partial charge in [0.25, 0.3) is 5.91 Å². The van der Waals surface area contributed by atoms with Gasteiger partial charge in [0.1, 0.15) is 5.75 Å². The first-order chi connectivity index (χ1) is 15.1. The number of anilines is 1. The van der Waals surface area contributed by atoms with Gasteiger partial charge in [-0.25, -0.2) is 4.98 Å². The molecule has 1 aromatic heterocycles. The molecule has 4 rings (SSSR count). The van der Waals surface area contributed by atoms with Crippen LogP contribution in [0, 0.1) is 6.92 Å². The molecule has 0 aliphatic carbocycles. The van der Waals surface area contributed by atoms with Gasteiger partial charge < -0.3 is 9.47 Å². The van der Waals surface area contributed by atoms with E-state index in [9.17, 15) is 4.79 Å². The number of aryl methyl sites for hydroxylation is 1. The minimum Gasteiger partial charge on any atom is -0.484 e. The predicted molar refractivity (Wildman–Crippen MR) is 135 cm³/mol. The summed E-state index contributed by atoms with van der Waals surface area (Å²) in [5, 5.41) is 0.722. The Bertz CT molecular complexity index is 1040. The summed E-state index contributed by atoms with van der Waals surface area (Å²) in [7, 11) is 0. The van der Waals surface area contributed by atoms with Crippen LogP contribution in [0.3, 0.4) is 0 Å². The molecule has 2 heterocycles. The molecule has 0 saturated carbocycles. The zero-order valence-electron chi connectivity index (χ0n) is 18.3. The van der Waals surface area contributed by atoms with Crippen molar-refractivity contribution in [3.63, 3.8) is 0 Å². The van der Waals surface area contributed by atoms with Crippen molar-refractivity contribution in [3.05, 3.63) is 48.0 Å². The first-order valence-electron chi connectivity index (χ1n) is 10.4. The lowest BCUT2D eigenvalue weighted by molar-refractivity contribution is -0.120. The number of nitrogens with zero attached hydrogens (tertiary/aromatic N) is 3. The van der Waals surface area contributed by atoms with Crippen LogP contribution in [0.1, 0.15) is 5.56 Å². The molecule has 0 unspecified atom stereocenters. The monoisotopic (exact) mass is 493 g/mol. The maximum absolute atomic E-state index is 13.2. The van der Waals surface area contributed by atoms with Crippen LogP contribution in [0.5, 0.6) is 5.75 Å². The molecule has 32 heavy (non-hydrogen) atoms. The Kier molecular flexibility index (Phi) is 9.19. The molecular weight excluding hydrogens is 466 g/mol. The highest BCUT2D eigenvalue weighted by Crippen LogP contribution is 2.31. The molecule has 1 saturated heterocycles. The van der Waals surface area contributed by atoms with Gasteiger partial charge in [-0.15, -0.1) is 24.2 Å². The topological polar surface area (TPSA) is 54.9 Å². The van der Waals surface area contributed by atoms with E-state index in [0.29, 0.717) is 12.3 Å². The van der Waals surface area contributed by atoms with Crippen molar-refractivity contribution < 1.29 is 14.3 Å². The first-order valence-corrected chi connectivity index (χ1v) is 12.4. The summed E-state index contributed by atoms with van der Waals surface area (Å²) < 4.78 is 12.3. The van der Waals surface area contributed by atoms with Gasteiger partial charge in [-0.05, 0) is 49.1 Å². The van der Waals surface area contributed by atoms with Crippen LogP contribution >= 0.6 is 35.5 Å². The van der Waals surface area contributed by atoms with Crippen molar-refractivity contribution in [3.8, 4) is 5.75 Å². The quantitative estimate of drug-likeness (QED) is 0.431. The zero-order valence-corrected chi connectivity index (χ0v) is 20.7. The smallest absolute Gasteiger partial charge is 0.266 e. The molecule has 172 valence electrons. The second-order valence-corrected chi connectivity index (χ2v) is 9.32. The van der Waals surface area contributed by atoms with Gasteiger partial charge in [0.05, 0.1) is 23.4 Å². The third-order valence-corrected chi connectivity index (χ3v) is 6.98. The molecule has 1 amide bonds. The molecule has 1 fully saturated rings. The number of thiazole rings is 1. The van der Waals surface area contributed by atoms with Crippen molar-refractivity contribution >= 4 is 56.8 Å². The number of benzene rings is 2. The fraction of sp³-hybridized carbons (Fsp3) is 0.391. The fourth-order valence-corrected chi connectivity index (χ4v) is 5.02. The lowest BCUT2D eigenvalue weighted by Gasteiger charge is -2.29. The Labute approximate surface area is 203 Å². The van der Waals surface area contributed by atoms with E-state index in [1.807, 2.05) is 37.3 Å². The standard InChI is InChI=1S/C23H27N3O3S2.ClH/c1-17-4-3-5-18(14-17)29-16-22(27)26(9-8-25-10-12-28-13-11-25)23-24-20-7-6-19(30-2)15-21(20)31-23;/h3-7,14-15H,8-13,16H2,1-2H3;1H. The van der Waals surface area contributed by atoms with E-state index >= 15 is 0 Å². The minimum atomic E-state index is -0.0843. The average molecular weight is 494 g/mol. The number of morpholine rings is 1. The molecule has 0 spiro atoms. The maximum atomic E-state index is 13.2. The zero-order chi connectivity index (χ0) is 21.6. The van der Waals surface area contributed by atoms with Crippen LogP contribution in [0.4, 0.5) is 5.13 Å². The second kappa shape index (κ2) is 11.9. The third-order valence-electron chi connectivity index (χ3n) is 5.21. The first kappa shape index (κ1) is 24.8. The highest BCUT2D eigenvalue weighted by atomic mass is 35.5. The largest absolute Gasteiger partial charge is 0.484 e. The van der Waals surface area contributed by atoms with Crippen molar-refractivity contribution in [2.75, 3.05) is 57.2 Å². The number of thioether (sulfide) groups is 1. The van der Waals surface area contributed by atoms with E-state index in [2.05, 4.69) is 23.3 Å². The van der Waals surface area contributed by atoms with Crippen LogP contribution in [-0.4, -0.2) is 68.0 Å². The molecule has 1 aliphatic heterocycles. The Balaban J connectivity index is 0.00000289. The number of hydrogen-bond acceptors (Lipinski definition) is 7. The summed E-state index contributed by atoms with van der Waals surface area (Å²) in [6.45, 7) is 6.60. The highest BCUT2D eigenvalue weighted by molar-refractivity contribution is 7.98. The second-order valence-electron chi connectivity index (χ2n) is 7.43. The van der Waals surface area contributed by atoms with Crippen LogP contribution in [0.25, 0.3) is 10.2 Å². The highest BCUT2D eigenvalue weighted by Gasteiger charge is 2.22. The Morgan fingerprint density at radius 3 is 2.81 bits per heavy atom. The lowest BCUT2D eigenvalue weighted by atomic mass is 10.2. The third kappa shape index (κ3) is 6.36. The van der Waals surface area contributed by atoms with Gasteiger partial charge in [-0.2, -0.15) is 0 Å². The molecule has 3 aromatic rings. The van der Waals surface area contributed by atoms with Crippen LogP contribution in [-0.2, 0) is 9.53 Å². The van der Waals surface area contributed by atoms with Crippen LogP contribution < -0.4 is 9.64 Å². The number of ether oxygens (including phenoxy) is 2. The molecule has 0 atom stereocenters. The number of rotatable bonds is 8. The lowest BCUT2D eigenvalue weighted by Crippen LogP contribution is -2.44. The number of carbonyl (C=O) groups is 1. The van der Waals surface area contributed by atoms with E-state index in [1.54, 1.807) is 28.0 Å². The summed E-state index contributed by atoms with van der Waals surface area (Å²) in [4.78, 5) is 23.2. The Morgan fingerprint density at radius 2 is 2.06 bits per heavy atom. The molecule has 6 nitrogen and oxygen atoms in total. The molecule has 0 bridgehead atoms. The number of aromatic nitrogens is 1. The molecule has 1 aliphatic rings. The summed E-state index contributed by atoms with van der Waals surface area (Å²) in [6, 6.07) is 14.0.